The van der Waals surface area contributed by atoms with Crippen LogP contribution in [0.2, 0.25) is 0 Å². The number of hydrogen-bond acceptors (Lipinski definition) is 2. The molecule has 0 unspecified atom stereocenters. The maximum absolute atomic E-state index is 11.1. The maximum Gasteiger partial charge on any atom is 0.335 e. The van der Waals surface area contributed by atoms with Crippen LogP contribution in [0.1, 0.15) is 21.5 Å². The van der Waals surface area contributed by atoms with Gasteiger partial charge >= 0.3 is 5.97 Å². The largest absolute Gasteiger partial charge is 0.478 e. The summed E-state index contributed by atoms with van der Waals surface area (Å²) in [5, 5.41) is 9.09. The van der Waals surface area contributed by atoms with Crippen LogP contribution in [0.15, 0.2) is 48.5 Å². The van der Waals surface area contributed by atoms with Crippen LogP contribution >= 0.6 is 0 Å². The first-order valence-electron chi connectivity index (χ1n) is 6.89. The third-order valence-corrected chi connectivity index (χ3v) is 3.84. The molecule has 20 heavy (non-hydrogen) atoms. The van der Waals surface area contributed by atoms with Crippen molar-refractivity contribution in [3.05, 3.63) is 65.2 Å². The molecule has 3 heteroatoms. The van der Waals surface area contributed by atoms with Crippen molar-refractivity contribution in [1.82, 2.24) is 0 Å². The second-order valence-corrected chi connectivity index (χ2v) is 5.12. The Kier molecular flexibility index (Phi) is 3.42. The first-order chi connectivity index (χ1) is 9.74. The summed E-state index contributed by atoms with van der Waals surface area (Å²) in [5.74, 6) is -0.859. The van der Waals surface area contributed by atoms with Crippen molar-refractivity contribution in [2.24, 2.45) is 0 Å². The zero-order valence-electron chi connectivity index (χ0n) is 11.2. The quantitative estimate of drug-likeness (QED) is 0.925. The number of benzene rings is 2. The summed E-state index contributed by atoms with van der Waals surface area (Å²) in [5.41, 5.74) is 4.02. The summed E-state index contributed by atoms with van der Waals surface area (Å²) in [6.07, 6.45) is 1.99. The molecule has 1 N–H and O–H groups in total. The van der Waals surface area contributed by atoms with E-state index in [1.54, 1.807) is 12.1 Å². The number of carboxylic acid groups (broad SMARTS) is 1. The van der Waals surface area contributed by atoms with Gasteiger partial charge in [0.25, 0.3) is 0 Å². The lowest BCUT2D eigenvalue weighted by molar-refractivity contribution is 0.0697. The Balaban J connectivity index is 1.75. The molecule has 0 fully saturated rings. The molecule has 0 aliphatic carbocycles. The Morgan fingerprint density at radius 1 is 1.15 bits per heavy atom. The van der Waals surface area contributed by atoms with Crippen LogP contribution in [-0.4, -0.2) is 24.2 Å². The van der Waals surface area contributed by atoms with Crippen LogP contribution in [0.3, 0.4) is 0 Å². The van der Waals surface area contributed by atoms with Crippen molar-refractivity contribution >= 4 is 11.7 Å². The van der Waals surface area contributed by atoms with Gasteiger partial charge in [0.2, 0.25) is 0 Å². The van der Waals surface area contributed by atoms with Crippen molar-refractivity contribution in [2.75, 3.05) is 18.0 Å². The third-order valence-electron chi connectivity index (χ3n) is 3.84. The number of fused-ring (bicyclic) bond motifs is 1. The molecule has 0 aromatic heterocycles. The molecule has 0 saturated carbocycles. The summed E-state index contributed by atoms with van der Waals surface area (Å²) in [4.78, 5) is 13.4. The molecular formula is C17H17NO2. The van der Waals surface area contributed by atoms with E-state index < -0.39 is 5.97 Å². The third kappa shape index (κ3) is 2.52. The molecule has 3 rings (SSSR count). The lowest BCUT2D eigenvalue weighted by Crippen LogP contribution is -2.23. The molecule has 102 valence electrons. The van der Waals surface area contributed by atoms with Crippen LogP contribution in [0, 0.1) is 0 Å². The van der Waals surface area contributed by atoms with Gasteiger partial charge in [-0.2, -0.15) is 0 Å². The highest BCUT2D eigenvalue weighted by Crippen LogP contribution is 2.29. The van der Waals surface area contributed by atoms with Crippen molar-refractivity contribution < 1.29 is 9.90 Å². The Morgan fingerprint density at radius 3 is 2.70 bits per heavy atom. The van der Waals surface area contributed by atoms with Crippen LogP contribution in [0.25, 0.3) is 0 Å². The highest BCUT2D eigenvalue weighted by atomic mass is 16.4. The molecule has 1 heterocycles. The molecular weight excluding hydrogens is 250 g/mol. The molecule has 0 amide bonds. The number of rotatable bonds is 4. The SMILES string of the molecule is O=C(O)c1ccc2c(c1)N(CCc1ccccc1)CC2. The van der Waals surface area contributed by atoms with Crippen molar-refractivity contribution in [1.29, 1.82) is 0 Å². The molecule has 1 aliphatic heterocycles. The standard InChI is InChI=1S/C17H17NO2/c19-17(20)15-7-6-14-9-11-18(16(14)12-15)10-8-13-4-2-1-3-5-13/h1-7,12H,8-11H2,(H,19,20). The number of nitrogens with zero attached hydrogens (tertiary/aromatic N) is 1. The minimum absolute atomic E-state index is 0.371. The highest BCUT2D eigenvalue weighted by molar-refractivity contribution is 5.89. The Bertz CT molecular complexity index is 622. The minimum atomic E-state index is -0.859. The summed E-state index contributed by atoms with van der Waals surface area (Å²) in [7, 11) is 0. The molecule has 2 aromatic carbocycles. The summed E-state index contributed by atoms with van der Waals surface area (Å²) >= 11 is 0. The van der Waals surface area contributed by atoms with Gasteiger partial charge in [-0.05, 0) is 36.1 Å². The van der Waals surface area contributed by atoms with E-state index in [1.807, 2.05) is 12.1 Å². The second kappa shape index (κ2) is 5.37. The van der Waals surface area contributed by atoms with E-state index >= 15 is 0 Å². The van der Waals surface area contributed by atoms with E-state index in [9.17, 15) is 4.79 Å². The zero-order chi connectivity index (χ0) is 13.9. The lowest BCUT2D eigenvalue weighted by atomic mass is 10.1. The van der Waals surface area contributed by atoms with E-state index in [-0.39, 0.29) is 0 Å². The van der Waals surface area contributed by atoms with Crippen LogP contribution in [-0.2, 0) is 12.8 Å². The second-order valence-electron chi connectivity index (χ2n) is 5.12. The average molecular weight is 267 g/mol. The van der Waals surface area contributed by atoms with Crippen LogP contribution in [0.4, 0.5) is 5.69 Å². The van der Waals surface area contributed by atoms with Gasteiger partial charge in [-0.1, -0.05) is 36.4 Å². The van der Waals surface area contributed by atoms with Crippen molar-refractivity contribution in [2.45, 2.75) is 12.8 Å². The monoisotopic (exact) mass is 267 g/mol. The maximum atomic E-state index is 11.1. The summed E-state index contributed by atoms with van der Waals surface area (Å²) < 4.78 is 0. The molecule has 0 saturated heterocycles. The lowest BCUT2D eigenvalue weighted by Gasteiger charge is -2.19. The summed E-state index contributed by atoms with van der Waals surface area (Å²) in [6, 6.07) is 15.8. The fraction of sp³-hybridized carbons (Fsp3) is 0.235. The van der Waals surface area contributed by atoms with Gasteiger partial charge in [-0.25, -0.2) is 4.79 Å². The van der Waals surface area contributed by atoms with Gasteiger partial charge in [-0.15, -0.1) is 0 Å². The van der Waals surface area contributed by atoms with Crippen LogP contribution in [0.5, 0.6) is 0 Å². The van der Waals surface area contributed by atoms with Gasteiger partial charge in [0.15, 0.2) is 0 Å². The molecule has 3 nitrogen and oxygen atoms in total. The topological polar surface area (TPSA) is 40.5 Å². The Labute approximate surface area is 118 Å². The minimum Gasteiger partial charge on any atom is -0.478 e. The number of hydrogen-bond donors (Lipinski definition) is 1. The number of aromatic carboxylic acids is 1. The van der Waals surface area contributed by atoms with E-state index in [2.05, 4.69) is 29.2 Å². The molecule has 0 atom stereocenters. The highest BCUT2D eigenvalue weighted by Gasteiger charge is 2.20. The zero-order valence-corrected chi connectivity index (χ0v) is 11.2. The number of carbonyl (C=O) groups is 1. The van der Waals surface area contributed by atoms with Crippen LogP contribution < -0.4 is 4.90 Å². The van der Waals surface area contributed by atoms with Gasteiger partial charge in [-0.3, -0.25) is 0 Å². The number of carboxylic acids is 1. The first-order valence-corrected chi connectivity index (χ1v) is 6.89. The van der Waals surface area contributed by atoms with Gasteiger partial charge in [0.1, 0.15) is 0 Å². The van der Waals surface area contributed by atoms with E-state index in [0.717, 1.165) is 31.6 Å². The number of anilines is 1. The fourth-order valence-electron chi connectivity index (χ4n) is 2.72. The van der Waals surface area contributed by atoms with Gasteiger partial charge in [0.05, 0.1) is 5.56 Å². The fourth-order valence-corrected chi connectivity index (χ4v) is 2.72. The van der Waals surface area contributed by atoms with Crippen molar-refractivity contribution in [3.63, 3.8) is 0 Å². The predicted octanol–water partition coefficient (Wildman–Crippen LogP) is 2.99. The predicted molar refractivity (Wildman–Crippen MR) is 79.5 cm³/mol. The van der Waals surface area contributed by atoms with Gasteiger partial charge < -0.3 is 10.0 Å². The molecule has 0 bridgehead atoms. The van der Waals surface area contributed by atoms with Crippen molar-refractivity contribution in [3.8, 4) is 0 Å². The average Bonchev–Trinajstić information content (AvgIpc) is 2.88. The van der Waals surface area contributed by atoms with Gasteiger partial charge in [0, 0.05) is 18.8 Å². The molecule has 1 aliphatic rings. The Morgan fingerprint density at radius 2 is 1.95 bits per heavy atom. The normalized spacial score (nSPS) is 13.3. The molecule has 2 aromatic rings. The molecule has 0 radical (unpaired) electrons. The Hall–Kier alpha value is -2.29. The molecule has 0 spiro atoms. The van der Waals surface area contributed by atoms with E-state index in [1.165, 1.54) is 11.1 Å². The smallest absolute Gasteiger partial charge is 0.335 e. The first kappa shape index (κ1) is 12.7. The van der Waals surface area contributed by atoms with E-state index in [0.29, 0.717) is 5.56 Å². The van der Waals surface area contributed by atoms with E-state index in [4.69, 9.17) is 5.11 Å². The summed E-state index contributed by atoms with van der Waals surface area (Å²) in [6.45, 7) is 1.91.